The molecular formula is C18H26FN5S. The summed E-state index contributed by atoms with van der Waals surface area (Å²) in [5, 5.41) is 10.8. The molecular weight excluding hydrogens is 337 g/mol. The number of benzene rings is 1. The predicted molar refractivity (Wildman–Crippen MR) is 103 cm³/mol. The van der Waals surface area contributed by atoms with Gasteiger partial charge in [-0.25, -0.2) is 9.38 Å². The van der Waals surface area contributed by atoms with E-state index in [0.29, 0.717) is 6.54 Å². The lowest BCUT2D eigenvalue weighted by Crippen LogP contribution is -2.38. The average molecular weight is 364 g/mol. The Bertz CT molecular complexity index is 699. The summed E-state index contributed by atoms with van der Waals surface area (Å²) < 4.78 is 15.3. The van der Waals surface area contributed by atoms with Crippen LogP contribution in [0.5, 0.6) is 0 Å². The Hall–Kier alpha value is -2.02. The van der Waals surface area contributed by atoms with E-state index in [9.17, 15) is 4.39 Å². The quantitative estimate of drug-likeness (QED) is 0.559. The molecule has 0 amide bonds. The number of hydrogen-bond acceptors (Lipinski definition) is 3. The van der Waals surface area contributed by atoms with Gasteiger partial charge in [0.2, 0.25) is 0 Å². The van der Waals surface area contributed by atoms with Gasteiger partial charge in [0.25, 0.3) is 0 Å². The monoisotopic (exact) mass is 363 g/mol. The summed E-state index contributed by atoms with van der Waals surface area (Å²) in [6.45, 7) is 6.86. The molecule has 1 aromatic carbocycles. The van der Waals surface area contributed by atoms with Gasteiger partial charge in [0.05, 0.1) is 19.3 Å². The lowest BCUT2D eigenvalue weighted by atomic mass is 10.1. The number of aliphatic imine (C=N–C) groups is 1. The molecule has 0 atom stereocenters. The van der Waals surface area contributed by atoms with Gasteiger partial charge in [-0.15, -0.1) is 0 Å². The fourth-order valence-electron chi connectivity index (χ4n) is 2.42. The van der Waals surface area contributed by atoms with Crippen LogP contribution in [0.1, 0.15) is 23.6 Å². The molecule has 7 heteroatoms. The summed E-state index contributed by atoms with van der Waals surface area (Å²) in [5.41, 5.74) is 3.20. The molecule has 5 nitrogen and oxygen atoms in total. The lowest BCUT2D eigenvalue weighted by molar-refractivity contribution is 0.597. The van der Waals surface area contributed by atoms with Crippen molar-refractivity contribution in [1.82, 2.24) is 20.4 Å². The summed E-state index contributed by atoms with van der Waals surface area (Å²) in [6.07, 6.45) is 5.88. The van der Waals surface area contributed by atoms with E-state index in [1.165, 1.54) is 6.07 Å². The molecule has 1 heterocycles. The van der Waals surface area contributed by atoms with Crippen LogP contribution in [0.4, 0.5) is 4.39 Å². The van der Waals surface area contributed by atoms with E-state index in [1.807, 2.05) is 43.2 Å². The predicted octanol–water partition coefficient (Wildman–Crippen LogP) is 2.95. The maximum Gasteiger partial charge on any atom is 0.191 e. The zero-order chi connectivity index (χ0) is 18.1. The van der Waals surface area contributed by atoms with Crippen LogP contribution < -0.4 is 10.6 Å². The third-order valence-corrected chi connectivity index (χ3v) is 4.22. The van der Waals surface area contributed by atoms with E-state index in [4.69, 9.17) is 0 Å². The van der Waals surface area contributed by atoms with Crippen LogP contribution in [0, 0.1) is 12.7 Å². The van der Waals surface area contributed by atoms with Crippen molar-refractivity contribution >= 4 is 17.7 Å². The number of hydrogen-bond donors (Lipinski definition) is 2. The van der Waals surface area contributed by atoms with Crippen LogP contribution in [0.25, 0.3) is 0 Å². The summed E-state index contributed by atoms with van der Waals surface area (Å²) in [5.74, 6) is 1.34. The highest BCUT2D eigenvalue weighted by molar-refractivity contribution is 7.97. The molecule has 2 aromatic rings. The van der Waals surface area contributed by atoms with Crippen LogP contribution in [-0.4, -0.2) is 35.1 Å². The second-order valence-electron chi connectivity index (χ2n) is 5.75. The van der Waals surface area contributed by atoms with Gasteiger partial charge in [-0.3, -0.25) is 4.68 Å². The molecule has 0 saturated heterocycles. The van der Waals surface area contributed by atoms with Gasteiger partial charge >= 0.3 is 0 Å². The summed E-state index contributed by atoms with van der Waals surface area (Å²) in [6, 6.07) is 4.91. The Morgan fingerprint density at radius 2 is 2.16 bits per heavy atom. The molecule has 1 aromatic heterocycles. The molecule has 0 unspecified atom stereocenters. The summed E-state index contributed by atoms with van der Waals surface area (Å²) in [7, 11) is 0. The first-order chi connectivity index (χ1) is 12.1. The Kier molecular flexibility index (Phi) is 7.78. The number of aryl methyl sites for hydroxylation is 1. The lowest BCUT2D eigenvalue weighted by Gasteiger charge is -2.12. The summed E-state index contributed by atoms with van der Waals surface area (Å²) >= 11 is 1.68. The zero-order valence-corrected chi connectivity index (χ0v) is 15.9. The van der Waals surface area contributed by atoms with Gasteiger partial charge < -0.3 is 10.6 Å². The second kappa shape index (κ2) is 10.1. The van der Waals surface area contributed by atoms with Gasteiger partial charge in [-0.2, -0.15) is 16.9 Å². The van der Waals surface area contributed by atoms with Crippen molar-refractivity contribution in [2.45, 2.75) is 32.7 Å². The molecule has 136 valence electrons. The molecule has 25 heavy (non-hydrogen) atoms. The summed E-state index contributed by atoms with van der Waals surface area (Å²) in [4.78, 5) is 4.63. The molecule has 0 saturated carbocycles. The largest absolute Gasteiger partial charge is 0.357 e. The van der Waals surface area contributed by atoms with E-state index in [2.05, 4.69) is 20.7 Å². The fourth-order valence-corrected chi connectivity index (χ4v) is 3.00. The van der Waals surface area contributed by atoms with E-state index < -0.39 is 0 Å². The van der Waals surface area contributed by atoms with Gasteiger partial charge in [-0.1, -0.05) is 6.07 Å². The smallest absolute Gasteiger partial charge is 0.191 e. The number of halogens is 1. The van der Waals surface area contributed by atoms with Crippen molar-refractivity contribution in [2.75, 3.05) is 19.3 Å². The number of nitrogens with zero attached hydrogens (tertiary/aromatic N) is 3. The van der Waals surface area contributed by atoms with E-state index in [1.54, 1.807) is 17.8 Å². The minimum Gasteiger partial charge on any atom is -0.357 e. The molecule has 2 N–H and O–H groups in total. The standard InChI is InChI=1S/C18H26FN5S/c1-4-20-18(21-7-8-24-12-14(2)10-23-24)22-11-15-5-6-17(19)9-16(15)13-25-3/h5-6,9-10,12H,4,7-8,11,13H2,1-3H3,(H2,20,21,22). The normalized spacial score (nSPS) is 11.6. The molecule has 0 aliphatic heterocycles. The van der Waals surface area contributed by atoms with E-state index in [0.717, 1.165) is 48.0 Å². The molecule has 0 fully saturated rings. The Morgan fingerprint density at radius 1 is 1.32 bits per heavy atom. The Balaban J connectivity index is 1.96. The number of guanidine groups is 1. The van der Waals surface area contributed by atoms with Crippen molar-refractivity contribution in [1.29, 1.82) is 0 Å². The SMILES string of the molecule is CCNC(=NCc1ccc(F)cc1CSC)NCCn1cc(C)cn1. The second-order valence-corrected chi connectivity index (χ2v) is 6.61. The topological polar surface area (TPSA) is 54.2 Å². The van der Waals surface area contributed by atoms with E-state index >= 15 is 0 Å². The van der Waals surface area contributed by atoms with Gasteiger partial charge in [0.15, 0.2) is 5.96 Å². The molecule has 0 spiro atoms. The van der Waals surface area contributed by atoms with E-state index in [-0.39, 0.29) is 5.82 Å². The number of nitrogens with one attached hydrogen (secondary N) is 2. The fraction of sp³-hybridized carbons (Fsp3) is 0.444. The highest BCUT2D eigenvalue weighted by Crippen LogP contribution is 2.17. The molecule has 0 bridgehead atoms. The van der Waals surface area contributed by atoms with Crippen LogP contribution in [0.2, 0.25) is 0 Å². The number of thioether (sulfide) groups is 1. The molecule has 0 aliphatic carbocycles. The van der Waals surface area contributed by atoms with Crippen LogP contribution in [0.15, 0.2) is 35.6 Å². The van der Waals surface area contributed by atoms with Crippen molar-refractivity contribution in [3.05, 3.63) is 53.1 Å². The Labute approximate surface area is 153 Å². The van der Waals surface area contributed by atoms with Gasteiger partial charge in [-0.05, 0) is 48.9 Å². The first-order valence-corrected chi connectivity index (χ1v) is 9.79. The zero-order valence-electron chi connectivity index (χ0n) is 15.1. The minimum absolute atomic E-state index is 0.198. The third-order valence-electron chi connectivity index (χ3n) is 3.62. The molecule has 0 radical (unpaired) electrons. The number of rotatable bonds is 8. The van der Waals surface area contributed by atoms with Crippen molar-refractivity contribution < 1.29 is 4.39 Å². The highest BCUT2D eigenvalue weighted by Gasteiger charge is 2.05. The van der Waals surface area contributed by atoms with Crippen LogP contribution in [-0.2, 0) is 18.8 Å². The average Bonchev–Trinajstić information content (AvgIpc) is 2.99. The first kappa shape index (κ1) is 19.3. The van der Waals surface area contributed by atoms with Crippen molar-refractivity contribution in [3.63, 3.8) is 0 Å². The molecule has 2 rings (SSSR count). The maximum absolute atomic E-state index is 13.4. The van der Waals surface area contributed by atoms with Crippen LogP contribution in [0.3, 0.4) is 0 Å². The third kappa shape index (κ3) is 6.42. The maximum atomic E-state index is 13.4. The van der Waals surface area contributed by atoms with Crippen molar-refractivity contribution in [2.24, 2.45) is 4.99 Å². The van der Waals surface area contributed by atoms with Gasteiger partial charge in [0.1, 0.15) is 5.82 Å². The number of aromatic nitrogens is 2. The highest BCUT2D eigenvalue weighted by atomic mass is 32.2. The minimum atomic E-state index is -0.198. The Morgan fingerprint density at radius 3 is 2.84 bits per heavy atom. The molecule has 0 aliphatic rings. The van der Waals surface area contributed by atoms with Crippen molar-refractivity contribution in [3.8, 4) is 0 Å². The van der Waals surface area contributed by atoms with Crippen LogP contribution >= 0.6 is 11.8 Å². The first-order valence-electron chi connectivity index (χ1n) is 8.40. The van der Waals surface area contributed by atoms with Gasteiger partial charge in [0, 0.05) is 25.0 Å².